The second kappa shape index (κ2) is 26.9. The zero-order chi connectivity index (χ0) is 28.3. The van der Waals surface area contributed by atoms with Crippen LogP contribution in [0.1, 0.15) is 144 Å². The number of allylic oxidation sites excluding steroid dienone is 2. The molecule has 0 N–H and O–H groups in total. The van der Waals surface area contributed by atoms with Crippen LogP contribution in [0.3, 0.4) is 0 Å². The van der Waals surface area contributed by atoms with Gasteiger partial charge < -0.3 is 4.74 Å². The van der Waals surface area contributed by atoms with Crippen LogP contribution in [0.4, 0.5) is 0 Å². The van der Waals surface area contributed by atoms with Crippen molar-refractivity contribution >= 4 is 0 Å². The highest BCUT2D eigenvalue weighted by atomic mass is 16.5. The van der Waals surface area contributed by atoms with E-state index < -0.39 is 0 Å². The maximum atomic E-state index is 9.43. The summed E-state index contributed by atoms with van der Waals surface area (Å²) in [5, 5.41) is 11.4. The summed E-state index contributed by atoms with van der Waals surface area (Å²) in [4.78, 5) is 9.43. The molecule has 0 aliphatic heterocycles. The molecule has 4 nitrogen and oxygen atoms in total. The molecule has 1 aliphatic rings. The molecule has 1 aliphatic carbocycles. The molecule has 0 heterocycles. The van der Waals surface area contributed by atoms with Crippen molar-refractivity contribution in [1.82, 2.24) is 0 Å². The summed E-state index contributed by atoms with van der Waals surface area (Å²) in [5.41, 5.74) is 2.08. The third kappa shape index (κ3) is 20.6. The predicted molar refractivity (Wildman–Crippen MR) is 162 cm³/mol. The van der Waals surface area contributed by atoms with Crippen LogP contribution in [0.25, 0.3) is 0 Å². The van der Waals surface area contributed by atoms with Crippen LogP contribution in [0.2, 0.25) is 0 Å². The van der Waals surface area contributed by atoms with E-state index in [0.717, 1.165) is 42.6 Å². The fourth-order valence-electron chi connectivity index (χ4n) is 3.90. The van der Waals surface area contributed by atoms with Gasteiger partial charge in [0.2, 0.25) is 0 Å². The van der Waals surface area contributed by atoms with Gasteiger partial charge in [-0.15, -0.1) is 0 Å². The van der Waals surface area contributed by atoms with Crippen molar-refractivity contribution in [3.8, 4) is 11.8 Å². The Bertz CT molecular complexity index is 713. The maximum Gasteiger partial charge on any atom is 0.127 e. The minimum absolute atomic E-state index is 0.494. The summed E-state index contributed by atoms with van der Waals surface area (Å²) in [6.07, 6.45) is 16.8. The maximum absolute atomic E-state index is 9.43. The lowest BCUT2D eigenvalue weighted by Crippen LogP contribution is -2.04. The lowest BCUT2D eigenvalue weighted by molar-refractivity contribution is 0.386. The van der Waals surface area contributed by atoms with E-state index in [2.05, 4.69) is 45.9 Å². The topological polar surface area (TPSA) is 62.4 Å². The van der Waals surface area contributed by atoms with E-state index in [-0.39, 0.29) is 0 Å². The Morgan fingerprint density at radius 2 is 1.59 bits per heavy atom. The van der Waals surface area contributed by atoms with E-state index in [0.29, 0.717) is 12.1 Å². The second-order valence-corrected chi connectivity index (χ2v) is 9.82. The first-order valence-electron chi connectivity index (χ1n) is 15.1. The summed E-state index contributed by atoms with van der Waals surface area (Å²) in [6, 6.07) is 9.30. The SMILES string of the molecule is CC.CC(Oc1ccc(C#N)cc1)=C1CCC1.CCCC(CC)CCCC(C)CC.CCCCCN=O. The van der Waals surface area contributed by atoms with Gasteiger partial charge in [0, 0.05) is 0 Å². The van der Waals surface area contributed by atoms with Crippen LogP contribution in [-0.4, -0.2) is 6.54 Å². The third-order valence-electron chi connectivity index (χ3n) is 6.84. The van der Waals surface area contributed by atoms with E-state index in [1.165, 1.54) is 69.8 Å². The average Bonchev–Trinajstić information content (AvgIpc) is 2.89. The van der Waals surface area contributed by atoms with Crippen LogP contribution >= 0.6 is 0 Å². The molecule has 2 unspecified atom stereocenters. The molecule has 0 radical (unpaired) electrons. The Morgan fingerprint density at radius 3 is 2.03 bits per heavy atom. The Hall–Kier alpha value is -2.15. The van der Waals surface area contributed by atoms with Crippen LogP contribution in [0.5, 0.6) is 5.75 Å². The van der Waals surface area contributed by atoms with Gasteiger partial charge in [0.25, 0.3) is 0 Å². The second-order valence-electron chi connectivity index (χ2n) is 9.82. The number of hydrogen-bond donors (Lipinski definition) is 0. The standard InChI is InChI=1S/C13H13NO.C13H28.C5H11NO.C2H6/c1-10(12-3-2-4-12)15-13-7-5-11(9-14)6-8-13;1-5-9-13(7-3)11-8-10-12(4)6-2;1-2-3-4-5-6-7;1-2/h5-8H,2-4H2,1H3;12-13H,5-11H2,1-4H3;2-5H2,1H3;1-2H3. The first-order valence-corrected chi connectivity index (χ1v) is 15.1. The predicted octanol–water partition coefficient (Wildman–Crippen LogP) is 11.4. The zero-order valence-corrected chi connectivity index (χ0v) is 25.6. The number of rotatable bonds is 14. The average molecular weight is 515 g/mol. The molecule has 1 aromatic rings. The van der Waals surface area contributed by atoms with E-state index >= 15 is 0 Å². The molecule has 212 valence electrons. The molecule has 1 saturated carbocycles. The van der Waals surface area contributed by atoms with Gasteiger partial charge >= 0.3 is 0 Å². The number of benzene rings is 1. The largest absolute Gasteiger partial charge is 0.462 e. The number of ether oxygens (including phenoxy) is 1. The highest BCUT2D eigenvalue weighted by molar-refractivity contribution is 5.35. The van der Waals surface area contributed by atoms with Crippen molar-refractivity contribution in [1.29, 1.82) is 5.26 Å². The van der Waals surface area contributed by atoms with Gasteiger partial charge in [-0.05, 0) is 74.3 Å². The molecular formula is C33H58N2O2. The minimum atomic E-state index is 0.494. The monoisotopic (exact) mass is 514 g/mol. The van der Waals surface area contributed by atoms with Crippen LogP contribution < -0.4 is 4.74 Å². The lowest BCUT2D eigenvalue weighted by Gasteiger charge is -2.19. The number of nitroso groups, excluding NO2 is 1. The van der Waals surface area contributed by atoms with Crippen LogP contribution in [0, 0.1) is 28.1 Å². The van der Waals surface area contributed by atoms with Gasteiger partial charge in [-0.1, -0.05) is 111 Å². The molecule has 1 fully saturated rings. The molecule has 2 rings (SSSR count). The summed E-state index contributed by atoms with van der Waals surface area (Å²) in [7, 11) is 0. The summed E-state index contributed by atoms with van der Waals surface area (Å²) in [5.74, 6) is 3.78. The Balaban J connectivity index is 0. The van der Waals surface area contributed by atoms with Crippen molar-refractivity contribution in [2.24, 2.45) is 17.0 Å². The molecule has 0 amide bonds. The Morgan fingerprint density at radius 1 is 0.946 bits per heavy atom. The lowest BCUT2D eigenvalue weighted by atomic mass is 9.91. The molecule has 0 aromatic heterocycles. The van der Waals surface area contributed by atoms with Crippen molar-refractivity contribution in [2.45, 2.75) is 139 Å². The Labute approximate surface area is 230 Å². The molecule has 4 heteroatoms. The van der Waals surface area contributed by atoms with E-state index in [1.807, 2.05) is 32.9 Å². The van der Waals surface area contributed by atoms with Crippen molar-refractivity contribution in [2.75, 3.05) is 6.54 Å². The van der Waals surface area contributed by atoms with Gasteiger partial charge in [0.15, 0.2) is 0 Å². The molecule has 0 spiro atoms. The highest BCUT2D eigenvalue weighted by Crippen LogP contribution is 2.29. The molecule has 0 saturated heterocycles. The van der Waals surface area contributed by atoms with Gasteiger partial charge in [-0.25, -0.2) is 0 Å². The van der Waals surface area contributed by atoms with Crippen molar-refractivity contribution < 1.29 is 4.74 Å². The number of nitrogens with zero attached hydrogens (tertiary/aromatic N) is 2. The first-order chi connectivity index (χ1) is 17.9. The van der Waals surface area contributed by atoms with Gasteiger partial charge in [0.05, 0.1) is 18.2 Å². The smallest absolute Gasteiger partial charge is 0.127 e. The van der Waals surface area contributed by atoms with E-state index in [1.54, 1.807) is 12.1 Å². The van der Waals surface area contributed by atoms with Gasteiger partial charge in [0.1, 0.15) is 11.5 Å². The minimum Gasteiger partial charge on any atom is -0.462 e. The van der Waals surface area contributed by atoms with Crippen molar-refractivity contribution in [3.63, 3.8) is 0 Å². The number of nitriles is 1. The first kappa shape index (κ1) is 37.0. The zero-order valence-electron chi connectivity index (χ0n) is 25.6. The number of unbranched alkanes of at least 4 members (excludes halogenated alkanes) is 2. The summed E-state index contributed by atoms with van der Waals surface area (Å²) >= 11 is 0. The fraction of sp³-hybridized carbons (Fsp3) is 0.727. The summed E-state index contributed by atoms with van der Waals surface area (Å²) in [6.45, 7) is 17.9. The van der Waals surface area contributed by atoms with Gasteiger partial charge in [-0.3, -0.25) is 0 Å². The summed E-state index contributed by atoms with van der Waals surface area (Å²) < 4.78 is 5.69. The highest BCUT2D eigenvalue weighted by Gasteiger charge is 2.13. The quantitative estimate of drug-likeness (QED) is 0.141. The molecule has 2 atom stereocenters. The van der Waals surface area contributed by atoms with Gasteiger partial charge in [-0.2, -0.15) is 10.2 Å². The van der Waals surface area contributed by atoms with Crippen LogP contribution in [-0.2, 0) is 0 Å². The molecular weight excluding hydrogens is 456 g/mol. The third-order valence-corrected chi connectivity index (χ3v) is 6.84. The number of hydrogen-bond acceptors (Lipinski definition) is 4. The van der Waals surface area contributed by atoms with Crippen LogP contribution in [0.15, 0.2) is 40.8 Å². The molecule has 37 heavy (non-hydrogen) atoms. The fourth-order valence-corrected chi connectivity index (χ4v) is 3.90. The van der Waals surface area contributed by atoms with E-state index in [4.69, 9.17) is 10.00 Å². The Kier molecular flexibility index (Phi) is 26.9. The molecule has 1 aromatic carbocycles. The normalized spacial score (nSPS) is 13.0. The van der Waals surface area contributed by atoms with Crippen molar-refractivity contribution in [3.05, 3.63) is 46.1 Å². The van der Waals surface area contributed by atoms with E-state index in [9.17, 15) is 4.91 Å². The molecule has 0 bridgehead atoms.